The Bertz CT molecular complexity index is 643. The molecule has 0 unspecified atom stereocenters. The molecule has 1 aromatic rings. The Hall–Kier alpha value is -1.50. The van der Waals surface area contributed by atoms with Gasteiger partial charge in [0.15, 0.2) is 0 Å². The van der Waals surface area contributed by atoms with E-state index >= 15 is 0 Å². The van der Waals surface area contributed by atoms with Gasteiger partial charge in [-0.3, -0.25) is 14.5 Å². The van der Waals surface area contributed by atoms with Gasteiger partial charge in [0.25, 0.3) is 5.91 Å². The van der Waals surface area contributed by atoms with Crippen LogP contribution in [-0.4, -0.2) is 60.4 Å². The number of hydrogen-bond donors (Lipinski definition) is 2. The summed E-state index contributed by atoms with van der Waals surface area (Å²) in [6.07, 6.45) is 4.59. The van der Waals surface area contributed by atoms with Crippen LogP contribution in [0.15, 0.2) is 24.3 Å². The molecule has 6 nitrogen and oxygen atoms in total. The Kier molecular flexibility index (Phi) is 10.1. The van der Waals surface area contributed by atoms with E-state index in [0.717, 1.165) is 31.8 Å². The molecular formula is C20H32Cl2N4O2. The van der Waals surface area contributed by atoms with Gasteiger partial charge in [0.1, 0.15) is 0 Å². The number of nitrogens with two attached hydrogens (primary N) is 1. The molecule has 2 aliphatic rings. The van der Waals surface area contributed by atoms with Gasteiger partial charge in [0, 0.05) is 43.5 Å². The molecule has 158 valence electrons. The van der Waals surface area contributed by atoms with Crippen LogP contribution >= 0.6 is 24.8 Å². The Balaban J connectivity index is 0.00000196. The second-order valence-electron chi connectivity index (χ2n) is 7.72. The second-order valence-corrected chi connectivity index (χ2v) is 7.72. The number of nitrogens with zero attached hydrogens (tertiary/aromatic N) is 2. The van der Waals surface area contributed by atoms with Gasteiger partial charge in [-0.1, -0.05) is 13.0 Å². The maximum atomic E-state index is 12.5. The van der Waals surface area contributed by atoms with Crippen LogP contribution in [-0.2, 0) is 4.79 Å². The van der Waals surface area contributed by atoms with Crippen molar-refractivity contribution in [1.82, 2.24) is 15.1 Å². The predicted octanol–water partition coefficient (Wildman–Crippen LogP) is 2.57. The zero-order valence-electron chi connectivity index (χ0n) is 16.4. The SMILES string of the molecule is CC1CCC(NC(=O)CN2CCN(C(=O)c3cccc(N)c3)CC2)CC1.Cl.Cl. The molecule has 8 heteroatoms. The van der Waals surface area contributed by atoms with E-state index in [1.54, 1.807) is 24.3 Å². The first kappa shape index (κ1) is 24.5. The van der Waals surface area contributed by atoms with Crippen LogP contribution in [0.25, 0.3) is 0 Å². The summed E-state index contributed by atoms with van der Waals surface area (Å²) < 4.78 is 0. The van der Waals surface area contributed by atoms with E-state index in [1.807, 2.05) is 4.90 Å². The zero-order valence-corrected chi connectivity index (χ0v) is 18.1. The number of anilines is 1. The fourth-order valence-corrected chi connectivity index (χ4v) is 3.84. The number of amides is 2. The van der Waals surface area contributed by atoms with Crippen LogP contribution in [0.3, 0.4) is 0 Å². The standard InChI is InChI=1S/C20H30N4O2.2ClH/c1-15-5-7-18(8-6-15)22-19(25)14-23-9-11-24(12-10-23)20(26)16-3-2-4-17(21)13-16;;/h2-4,13,15,18H,5-12,14,21H2,1H3,(H,22,25);2*1H. The van der Waals surface area contributed by atoms with E-state index in [2.05, 4.69) is 17.1 Å². The first-order chi connectivity index (χ1) is 12.5. The lowest BCUT2D eigenvalue weighted by Gasteiger charge is -2.35. The zero-order chi connectivity index (χ0) is 18.5. The molecule has 1 aliphatic heterocycles. The van der Waals surface area contributed by atoms with Gasteiger partial charge in [-0.05, 0) is 49.8 Å². The predicted molar refractivity (Wildman–Crippen MR) is 117 cm³/mol. The van der Waals surface area contributed by atoms with E-state index in [-0.39, 0.29) is 36.6 Å². The number of piperazine rings is 1. The lowest BCUT2D eigenvalue weighted by Crippen LogP contribution is -2.52. The highest BCUT2D eigenvalue weighted by atomic mass is 35.5. The fraction of sp³-hybridized carbons (Fsp3) is 0.600. The molecule has 1 aliphatic carbocycles. The highest BCUT2D eigenvalue weighted by molar-refractivity contribution is 5.95. The van der Waals surface area contributed by atoms with E-state index in [4.69, 9.17) is 5.73 Å². The number of hydrogen-bond acceptors (Lipinski definition) is 4. The third-order valence-corrected chi connectivity index (χ3v) is 5.54. The number of rotatable bonds is 4. The molecule has 2 amide bonds. The fourth-order valence-electron chi connectivity index (χ4n) is 3.84. The van der Waals surface area contributed by atoms with Crippen LogP contribution in [0.4, 0.5) is 5.69 Å². The lowest BCUT2D eigenvalue weighted by molar-refractivity contribution is -0.123. The summed E-state index contributed by atoms with van der Waals surface area (Å²) in [7, 11) is 0. The Morgan fingerprint density at radius 3 is 2.32 bits per heavy atom. The summed E-state index contributed by atoms with van der Waals surface area (Å²) in [5, 5.41) is 3.18. The highest BCUT2D eigenvalue weighted by Crippen LogP contribution is 2.23. The van der Waals surface area contributed by atoms with Crippen molar-refractivity contribution in [2.45, 2.75) is 38.6 Å². The summed E-state index contributed by atoms with van der Waals surface area (Å²) in [6, 6.07) is 7.43. The van der Waals surface area contributed by atoms with Crippen LogP contribution in [0.5, 0.6) is 0 Å². The Morgan fingerprint density at radius 2 is 1.71 bits per heavy atom. The molecule has 28 heavy (non-hydrogen) atoms. The number of halogens is 2. The lowest BCUT2D eigenvalue weighted by atomic mass is 9.87. The third-order valence-electron chi connectivity index (χ3n) is 5.54. The summed E-state index contributed by atoms with van der Waals surface area (Å²) >= 11 is 0. The molecule has 1 heterocycles. The van der Waals surface area contributed by atoms with Crippen molar-refractivity contribution in [3.63, 3.8) is 0 Å². The molecule has 0 aromatic heterocycles. The van der Waals surface area contributed by atoms with Gasteiger partial charge in [-0.25, -0.2) is 0 Å². The van der Waals surface area contributed by atoms with Crippen molar-refractivity contribution in [1.29, 1.82) is 0 Å². The monoisotopic (exact) mass is 430 g/mol. The normalized spacial score (nSPS) is 22.5. The van der Waals surface area contributed by atoms with Crippen molar-refractivity contribution in [2.75, 3.05) is 38.5 Å². The van der Waals surface area contributed by atoms with Crippen LogP contribution in [0.1, 0.15) is 43.0 Å². The van der Waals surface area contributed by atoms with E-state index in [1.165, 1.54) is 12.8 Å². The summed E-state index contributed by atoms with van der Waals surface area (Å²) in [5.41, 5.74) is 6.99. The highest BCUT2D eigenvalue weighted by Gasteiger charge is 2.25. The second kappa shape index (κ2) is 11.5. The first-order valence-electron chi connectivity index (χ1n) is 9.68. The van der Waals surface area contributed by atoms with Gasteiger partial charge in [-0.15, -0.1) is 24.8 Å². The molecule has 0 atom stereocenters. The maximum Gasteiger partial charge on any atom is 0.254 e. The molecule has 2 fully saturated rings. The van der Waals surface area contributed by atoms with Crippen LogP contribution < -0.4 is 11.1 Å². The topological polar surface area (TPSA) is 78.7 Å². The number of carbonyl (C=O) groups is 2. The van der Waals surface area contributed by atoms with Crippen molar-refractivity contribution in [3.05, 3.63) is 29.8 Å². The largest absolute Gasteiger partial charge is 0.399 e. The Labute approximate surface area is 180 Å². The first-order valence-corrected chi connectivity index (χ1v) is 9.68. The van der Waals surface area contributed by atoms with Crippen LogP contribution in [0.2, 0.25) is 0 Å². The molecule has 0 radical (unpaired) electrons. The number of nitrogen functional groups attached to an aromatic ring is 1. The van der Waals surface area contributed by atoms with Crippen molar-refractivity contribution < 1.29 is 9.59 Å². The smallest absolute Gasteiger partial charge is 0.254 e. The third kappa shape index (κ3) is 6.83. The summed E-state index contributed by atoms with van der Waals surface area (Å²) in [5.74, 6) is 0.909. The minimum atomic E-state index is 0. The van der Waals surface area contributed by atoms with E-state index in [9.17, 15) is 9.59 Å². The summed E-state index contributed by atoms with van der Waals surface area (Å²) in [4.78, 5) is 28.8. The quantitative estimate of drug-likeness (QED) is 0.719. The van der Waals surface area contributed by atoms with E-state index in [0.29, 0.717) is 36.9 Å². The number of carbonyl (C=O) groups excluding carboxylic acids is 2. The molecule has 1 saturated carbocycles. The molecular weight excluding hydrogens is 399 g/mol. The molecule has 1 saturated heterocycles. The Morgan fingerprint density at radius 1 is 1.07 bits per heavy atom. The number of nitrogens with one attached hydrogen (secondary N) is 1. The minimum absolute atomic E-state index is 0. The van der Waals surface area contributed by atoms with Crippen molar-refractivity contribution >= 4 is 42.3 Å². The van der Waals surface area contributed by atoms with E-state index < -0.39 is 0 Å². The van der Waals surface area contributed by atoms with Crippen molar-refractivity contribution in [2.24, 2.45) is 5.92 Å². The molecule has 0 spiro atoms. The van der Waals surface area contributed by atoms with Crippen molar-refractivity contribution in [3.8, 4) is 0 Å². The molecule has 3 rings (SSSR count). The van der Waals surface area contributed by atoms with Crippen LogP contribution in [0, 0.1) is 5.92 Å². The average Bonchev–Trinajstić information content (AvgIpc) is 2.64. The van der Waals surface area contributed by atoms with Gasteiger partial charge in [-0.2, -0.15) is 0 Å². The molecule has 0 bridgehead atoms. The molecule has 1 aromatic carbocycles. The van der Waals surface area contributed by atoms with Gasteiger partial charge in [0.2, 0.25) is 5.91 Å². The number of benzene rings is 1. The maximum absolute atomic E-state index is 12.5. The minimum Gasteiger partial charge on any atom is -0.399 e. The molecule has 3 N–H and O–H groups in total. The van der Waals surface area contributed by atoms with Gasteiger partial charge < -0.3 is 16.0 Å². The summed E-state index contributed by atoms with van der Waals surface area (Å²) in [6.45, 7) is 5.44. The van der Waals surface area contributed by atoms with Gasteiger partial charge in [0.05, 0.1) is 6.54 Å². The van der Waals surface area contributed by atoms with Gasteiger partial charge >= 0.3 is 0 Å². The average molecular weight is 431 g/mol.